The van der Waals surface area contributed by atoms with Gasteiger partial charge in [0, 0.05) is 17.6 Å². The lowest BCUT2D eigenvalue weighted by Crippen LogP contribution is -2.39. The Balaban J connectivity index is 2.03. The van der Waals surface area contributed by atoms with Crippen molar-refractivity contribution in [2.45, 2.75) is 37.5 Å². The van der Waals surface area contributed by atoms with Crippen LogP contribution in [0.3, 0.4) is 0 Å². The molecule has 14 heavy (non-hydrogen) atoms. The van der Waals surface area contributed by atoms with Gasteiger partial charge in [0.15, 0.2) is 0 Å². The number of rotatable bonds is 6. The van der Waals surface area contributed by atoms with Crippen LogP contribution in [0.1, 0.15) is 26.2 Å². The second kappa shape index (κ2) is 6.88. The Hall–Kier alpha value is 0.487. The molecule has 1 aliphatic heterocycles. The predicted molar refractivity (Wildman–Crippen MR) is 66.0 cm³/mol. The van der Waals surface area contributed by atoms with Gasteiger partial charge in [0.25, 0.3) is 0 Å². The fraction of sp³-hybridized carbons (Fsp3) is 1.00. The number of ether oxygens (including phenoxy) is 1. The first-order valence-corrected chi connectivity index (χ1v) is 8.46. The smallest absolute Gasteiger partial charge is 0.0599 e. The molecule has 1 saturated heterocycles. The van der Waals surface area contributed by atoms with E-state index in [-0.39, 0.29) is 14.7 Å². The minimum absolute atomic E-state index is 0.0836. The van der Waals surface area contributed by atoms with E-state index in [0.717, 1.165) is 12.4 Å². The summed E-state index contributed by atoms with van der Waals surface area (Å²) in [5, 5.41) is 8.92. The fourth-order valence-electron chi connectivity index (χ4n) is 1.90. The minimum atomic E-state index is -0.0836. The molecule has 84 valence electrons. The van der Waals surface area contributed by atoms with Gasteiger partial charge in [0.2, 0.25) is 0 Å². The molecule has 1 heterocycles. The lowest BCUT2D eigenvalue weighted by Gasteiger charge is -2.33. The van der Waals surface area contributed by atoms with Crippen molar-refractivity contribution in [2.24, 2.45) is 0 Å². The highest BCUT2D eigenvalue weighted by Crippen LogP contribution is 2.24. The first kappa shape index (κ1) is 12.6. The summed E-state index contributed by atoms with van der Waals surface area (Å²) in [6, 6.07) is 1.35. The molecule has 0 bridgehead atoms. The minimum Gasteiger partial charge on any atom is -0.396 e. The van der Waals surface area contributed by atoms with Crippen LogP contribution in [0, 0.1) is 0 Å². The Labute approximate surface area is 93.6 Å². The van der Waals surface area contributed by atoms with E-state index in [1.807, 2.05) is 11.8 Å². The molecule has 0 aromatic heterocycles. The lowest BCUT2D eigenvalue weighted by atomic mass is 10.1. The van der Waals surface area contributed by atoms with Crippen molar-refractivity contribution < 1.29 is 9.84 Å². The van der Waals surface area contributed by atoms with Crippen LogP contribution >= 0.6 is 11.8 Å². The van der Waals surface area contributed by atoms with Crippen LogP contribution < -0.4 is 0 Å². The van der Waals surface area contributed by atoms with Gasteiger partial charge in [-0.15, -0.1) is 0 Å². The SMILES string of the molecule is CC1([SiH2]CCSCCO)CCCCO1. The van der Waals surface area contributed by atoms with Crippen LogP contribution in [0.15, 0.2) is 0 Å². The molecule has 0 radical (unpaired) electrons. The van der Waals surface area contributed by atoms with E-state index >= 15 is 0 Å². The van der Waals surface area contributed by atoms with Crippen molar-refractivity contribution in [1.82, 2.24) is 0 Å². The topological polar surface area (TPSA) is 29.5 Å². The average molecular weight is 234 g/mol. The molecule has 1 rings (SSSR count). The Morgan fingerprint density at radius 2 is 2.29 bits per heavy atom. The third-order valence-corrected chi connectivity index (χ3v) is 6.66. The molecule has 1 atom stereocenters. The zero-order valence-electron chi connectivity index (χ0n) is 9.13. The summed E-state index contributed by atoms with van der Waals surface area (Å²) >= 11 is 1.87. The van der Waals surface area contributed by atoms with E-state index < -0.39 is 0 Å². The van der Waals surface area contributed by atoms with Gasteiger partial charge in [0.05, 0.1) is 16.1 Å². The molecule has 1 N–H and O–H groups in total. The second-order valence-electron chi connectivity index (χ2n) is 4.20. The third kappa shape index (κ3) is 4.82. The Morgan fingerprint density at radius 3 is 2.93 bits per heavy atom. The molecule has 4 heteroatoms. The highest BCUT2D eigenvalue weighted by atomic mass is 32.2. The second-order valence-corrected chi connectivity index (χ2v) is 8.12. The van der Waals surface area contributed by atoms with Crippen LogP contribution in [0.4, 0.5) is 0 Å². The number of aliphatic hydroxyl groups is 1. The highest BCUT2D eigenvalue weighted by molar-refractivity contribution is 7.99. The van der Waals surface area contributed by atoms with Crippen LogP contribution in [0.25, 0.3) is 0 Å². The van der Waals surface area contributed by atoms with Crippen molar-refractivity contribution in [2.75, 3.05) is 24.7 Å². The van der Waals surface area contributed by atoms with Gasteiger partial charge in [-0.25, -0.2) is 0 Å². The average Bonchev–Trinajstić information content (AvgIpc) is 2.18. The van der Waals surface area contributed by atoms with Gasteiger partial charge < -0.3 is 9.84 Å². The van der Waals surface area contributed by atoms with Crippen molar-refractivity contribution in [3.8, 4) is 0 Å². The zero-order valence-corrected chi connectivity index (χ0v) is 11.4. The molecule has 1 aliphatic rings. The molecule has 0 aromatic carbocycles. The Morgan fingerprint density at radius 1 is 1.43 bits per heavy atom. The summed E-state index contributed by atoms with van der Waals surface area (Å²) < 4.78 is 5.88. The Kier molecular flexibility index (Phi) is 6.17. The first-order valence-electron chi connectivity index (χ1n) is 5.59. The van der Waals surface area contributed by atoms with Crippen molar-refractivity contribution >= 4 is 21.3 Å². The quantitative estimate of drug-likeness (QED) is 0.553. The molecule has 0 saturated carbocycles. The van der Waals surface area contributed by atoms with Crippen molar-refractivity contribution in [3.05, 3.63) is 0 Å². The summed E-state index contributed by atoms with van der Waals surface area (Å²) in [5.41, 5.74) is 0. The third-order valence-electron chi connectivity index (χ3n) is 2.78. The van der Waals surface area contributed by atoms with E-state index in [0.29, 0.717) is 6.61 Å². The van der Waals surface area contributed by atoms with Gasteiger partial charge in [0.1, 0.15) is 0 Å². The number of hydrogen-bond donors (Lipinski definition) is 1. The maximum absolute atomic E-state index is 8.63. The van der Waals surface area contributed by atoms with Crippen LogP contribution in [-0.2, 0) is 4.74 Å². The highest BCUT2D eigenvalue weighted by Gasteiger charge is 2.27. The molecular weight excluding hydrogens is 212 g/mol. The van der Waals surface area contributed by atoms with Crippen LogP contribution in [0.5, 0.6) is 0 Å². The summed E-state index contributed by atoms with van der Waals surface area (Å²) in [7, 11) is -0.0836. The molecule has 0 amide bonds. The normalized spacial score (nSPS) is 28.7. The number of aliphatic hydroxyl groups excluding tert-OH is 1. The molecule has 0 aliphatic carbocycles. The molecular formula is C10H22O2SSi. The van der Waals surface area contributed by atoms with Gasteiger partial charge in [-0.05, 0) is 31.9 Å². The number of thioether (sulfide) groups is 1. The van der Waals surface area contributed by atoms with Crippen LogP contribution in [0.2, 0.25) is 6.04 Å². The summed E-state index contributed by atoms with van der Waals surface area (Å²) in [5.74, 6) is 2.11. The largest absolute Gasteiger partial charge is 0.396 e. The molecule has 2 nitrogen and oxygen atoms in total. The van der Waals surface area contributed by atoms with Crippen molar-refractivity contribution in [1.29, 1.82) is 0 Å². The molecule has 0 aromatic rings. The summed E-state index contributed by atoms with van der Waals surface area (Å²) in [6.45, 7) is 3.60. The van der Waals surface area contributed by atoms with E-state index in [4.69, 9.17) is 9.84 Å². The Bertz CT molecular complexity index is 149. The first-order chi connectivity index (χ1) is 6.77. The maximum Gasteiger partial charge on any atom is 0.0599 e. The van der Waals surface area contributed by atoms with E-state index in [9.17, 15) is 0 Å². The van der Waals surface area contributed by atoms with E-state index in [1.54, 1.807) is 0 Å². The summed E-state index contributed by atoms with van der Waals surface area (Å²) in [4.78, 5) is 0. The standard InChI is InChI=1S/C10H22O2SSi/c1-10(4-2-3-6-12-10)14-9-8-13-7-5-11/h11H,2-9,14H2,1H3. The summed E-state index contributed by atoms with van der Waals surface area (Å²) in [6.07, 6.45) is 3.89. The fourth-order valence-corrected chi connectivity index (χ4v) is 5.17. The van der Waals surface area contributed by atoms with Crippen LogP contribution in [-0.4, -0.2) is 44.6 Å². The number of hydrogen-bond acceptors (Lipinski definition) is 3. The maximum atomic E-state index is 8.63. The van der Waals surface area contributed by atoms with Crippen molar-refractivity contribution in [3.63, 3.8) is 0 Å². The molecule has 1 fully saturated rings. The van der Waals surface area contributed by atoms with E-state index in [2.05, 4.69) is 6.92 Å². The predicted octanol–water partition coefficient (Wildman–Crippen LogP) is 1.22. The monoisotopic (exact) mass is 234 g/mol. The van der Waals surface area contributed by atoms with E-state index in [1.165, 1.54) is 31.1 Å². The lowest BCUT2D eigenvalue weighted by molar-refractivity contribution is -0.00718. The van der Waals surface area contributed by atoms with Gasteiger partial charge in [-0.1, -0.05) is 6.04 Å². The zero-order chi connectivity index (χ0) is 10.3. The molecule has 1 unspecified atom stereocenters. The van der Waals surface area contributed by atoms with Gasteiger partial charge >= 0.3 is 0 Å². The molecule has 0 spiro atoms. The van der Waals surface area contributed by atoms with Gasteiger partial charge in [-0.2, -0.15) is 11.8 Å². The van der Waals surface area contributed by atoms with Gasteiger partial charge in [-0.3, -0.25) is 0 Å².